The Balaban J connectivity index is 2.32. The Morgan fingerprint density at radius 1 is 1.43 bits per heavy atom. The molecule has 1 saturated carbocycles. The van der Waals surface area contributed by atoms with E-state index in [1.54, 1.807) is 12.1 Å². The zero-order chi connectivity index (χ0) is 10.5. The molecule has 1 aliphatic rings. The number of rotatable bonds is 1. The lowest BCUT2D eigenvalue weighted by Crippen LogP contribution is -2.06. The van der Waals surface area contributed by atoms with Crippen LogP contribution < -0.4 is 5.73 Å². The van der Waals surface area contributed by atoms with Crippen LogP contribution in [0.5, 0.6) is 0 Å². The first-order valence-corrected chi connectivity index (χ1v) is 5.03. The first kappa shape index (κ1) is 9.94. The van der Waals surface area contributed by atoms with Gasteiger partial charge in [-0.05, 0) is 23.1 Å². The fourth-order valence-corrected chi connectivity index (χ4v) is 2.21. The maximum Gasteiger partial charge on any atom is 0.141 e. The van der Waals surface area contributed by atoms with Crippen LogP contribution in [-0.4, -0.2) is 6.04 Å². The van der Waals surface area contributed by atoms with Crippen LogP contribution in [0.15, 0.2) is 18.2 Å². The van der Waals surface area contributed by atoms with E-state index in [-0.39, 0.29) is 22.3 Å². The average molecular weight is 214 g/mol. The van der Waals surface area contributed by atoms with Crippen molar-refractivity contribution in [1.29, 1.82) is 0 Å². The summed E-state index contributed by atoms with van der Waals surface area (Å²) in [6.07, 6.45) is 0. The van der Waals surface area contributed by atoms with Gasteiger partial charge in [0, 0.05) is 12.0 Å². The smallest absolute Gasteiger partial charge is 0.141 e. The van der Waals surface area contributed by atoms with Gasteiger partial charge in [0.05, 0.1) is 5.02 Å². The van der Waals surface area contributed by atoms with Gasteiger partial charge in [0.2, 0.25) is 0 Å². The van der Waals surface area contributed by atoms with Gasteiger partial charge in [-0.2, -0.15) is 0 Å². The summed E-state index contributed by atoms with van der Waals surface area (Å²) in [5, 5.41) is 0.178. The zero-order valence-corrected chi connectivity index (χ0v) is 8.98. The van der Waals surface area contributed by atoms with Gasteiger partial charge < -0.3 is 5.73 Å². The van der Waals surface area contributed by atoms with E-state index in [0.29, 0.717) is 5.92 Å². The third kappa shape index (κ3) is 1.33. The van der Waals surface area contributed by atoms with E-state index >= 15 is 0 Å². The highest BCUT2D eigenvalue weighted by Gasteiger charge is 2.56. The highest BCUT2D eigenvalue weighted by atomic mass is 35.5. The molecule has 0 radical (unpaired) electrons. The molecule has 1 fully saturated rings. The molecule has 0 amide bonds. The number of halogens is 2. The molecule has 0 aromatic heterocycles. The minimum absolute atomic E-state index is 0.112. The molecule has 0 spiro atoms. The van der Waals surface area contributed by atoms with Gasteiger partial charge in [0.25, 0.3) is 0 Å². The monoisotopic (exact) mass is 213 g/mol. The number of hydrogen-bond acceptors (Lipinski definition) is 1. The van der Waals surface area contributed by atoms with E-state index in [4.69, 9.17) is 17.3 Å². The van der Waals surface area contributed by atoms with E-state index in [2.05, 4.69) is 13.8 Å². The summed E-state index contributed by atoms with van der Waals surface area (Å²) < 4.78 is 12.9. The van der Waals surface area contributed by atoms with Crippen molar-refractivity contribution in [3.05, 3.63) is 34.6 Å². The van der Waals surface area contributed by atoms with Crippen molar-refractivity contribution in [2.45, 2.75) is 25.8 Å². The van der Waals surface area contributed by atoms with Gasteiger partial charge >= 0.3 is 0 Å². The number of benzene rings is 1. The normalized spacial score (nSPS) is 28.9. The molecule has 14 heavy (non-hydrogen) atoms. The average Bonchev–Trinajstić information content (AvgIpc) is 2.58. The van der Waals surface area contributed by atoms with Crippen LogP contribution in [0.4, 0.5) is 4.39 Å². The standard InChI is InChI=1S/C11H13ClFN/c1-11(2)9(10(11)14)6-3-4-8(13)7(12)5-6/h3-5,9-10H,14H2,1-2H3. The fraction of sp³-hybridized carbons (Fsp3) is 0.455. The Kier molecular flexibility index (Phi) is 2.09. The Morgan fingerprint density at radius 2 is 2.00 bits per heavy atom. The molecule has 0 saturated heterocycles. The molecular weight excluding hydrogens is 201 g/mol. The molecule has 2 N–H and O–H groups in total. The van der Waals surface area contributed by atoms with Crippen molar-refractivity contribution < 1.29 is 4.39 Å². The lowest BCUT2D eigenvalue weighted by Gasteiger charge is -2.03. The number of nitrogens with two attached hydrogens (primary N) is 1. The van der Waals surface area contributed by atoms with E-state index in [0.717, 1.165) is 5.56 Å². The largest absolute Gasteiger partial charge is 0.327 e. The minimum Gasteiger partial charge on any atom is -0.327 e. The van der Waals surface area contributed by atoms with Crippen LogP contribution >= 0.6 is 11.6 Å². The summed E-state index contributed by atoms with van der Waals surface area (Å²) in [5.74, 6) is -0.0666. The topological polar surface area (TPSA) is 26.0 Å². The predicted octanol–water partition coefficient (Wildman–Crippen LogP) is 2.93. The molecule has 3 heteroatoms. The maximum atomic E-state index is 12.9. The van der Waals surface area contributed by atoms with Gasteiger partial charge in [-0.1, -0.05) is 31.5 Å². The second-order valence-corrected chi connectivity index (χ2v) is 4.91. The van der Waals surface area contributed by atoms with E-state index in [1.807, 2.05) is 0 Å². The summed E-state index contributed by atoms with van der Waals surface area (Å²) in [7, 11) is 0. The molecular formula is C11H13ClFN. The summed E-state index contributed by atoms with van der Waals surface area (Å²) in [4.78, 5) is 0. The van der Waals surface area contributed by atoms with Gasteiger partial charge in [-0.3, -0.25) is 0 Å². The first-order valence-electron chi connectivity index (χ1n) is 4.65. The van der Waals surface area contributed by atoms with E-state index in [9.17, 15) is 4.39 Å². The van der Waals surface area contributed by atoms with Crippen LogP contribution in [0.2, 0.25) is 5.02 Å². The van der Waals surface area contributed by atoms with Gasteiger partial charge in [0.1, 0.15) is 5.82 Å². The molecule has 0 heterocycles. The van der Waals surface area contributed by atoms with Crippen LogP contribution in [-0.2, 0) is 0 Å². The van der Waals surface area contributed by atoms with Crippen LogP contribution in [0.1, 0.15) is 25.3 Å². The molecule has 1 aliphatic carbocycles. The summed E-state index contributed by atoms with van der Waals surface area (Å²) >= 11 is 5.71. The minimum atomic E-state index is -0.373. The second-order valence-electron chi connectivity index (χ2n) is 4.50. The Morgan fingerprint density at radius 3 is 2.43 bits per heavy atom. The molecule has 1 nitrogen and oxygen atoms in total. The molecule has 1 aromatic carbocycles. The van der Waals surface area contributed by atoms with Crippen molar-refractivity contribution in [2.75, 3.05) is 0 Å². The summed E-state index contributed by atoms with van der Waals surface area (Å²) in [6.45, 7) is 4.22. The Labute approximate surface area is 88.1 Å². The van der Waals surface area contributed by atoms with Gasteiger partial charge in [-0.25, -0.2) is 4.39 Å². The lowest BCUT2D eigenvalue weighted by molar-refractivity contribution is 0.597. The van der Waals surface area contributed by atoms with Crippen molar-refractivity contribution in [3.8, 4) is 0 Å². The van der Waals surface area contributed by atoms with Crippen LogP contribution in [0.25, 0.3) is 0 Å². The third-order valence-electron chi connectivity index (χ3n) is 3.21. The Hall–Kier alpha value is -0.600. The second kappa shape index (κ2) is 2.94. The predicted molar refractivity (Wildman–Crippen MR) is 55.9 cm³/mol. The fourth-order valence-electron chi connectivity index (χ4n) is 2.02. The Bertz CT molecular complexity index is 376. The molecule has 2 rings (SSSR count). The molecule has 2 atom stereocenters. The van der Waals surface area contributed by atoms with Crippen LogP contribution in [0.3, 0.4) is 0 Å². The zero-order valence-electron chi connectivity index (χ0n) is 8.22. The van der Waals surface area contributed by atoms with Gasteiger partial charge in [0.15, 0.2) is 0 Å². The molecule has 2 unspecified atom stereocenters. The molecule has 1 aromatic rings. The molecule has 0 aliphatic heterocycles. The molecule has 0 bridgehead atoms. The SMILES string of the molecule is CC1(C)C(N)C1c1ccc(F)c(Cl)c1. The van der Waals surface area contributed by atoms with E-state index in [1.165, 1.54) is 6.07 Å². The first-order chi connectivity index (χ1) is 6.44. The van der Waals surface area contributed by atoms with Crippen molar-refractivity contribution >= 4 is 11.6 Å². The number of hydrogen-bond donors (Lipinski definition) is 1. The third-order valence-corrected chi connectivity index (χ3v) is 3.50. The molecule has 76 valence electrons. The van der Waals surface area contributed by atoms with Gasteiger partial charge in [-0.15, -0.1) is 0 Å². The van der Waals surface area contributed by atoms with Crippen molar-refractivity contribution in [2.24, 2.45) is 11.1 Å². The van der Waals surface area contributed by atoms with Crippen molar-refractivity contribution in [1.82, 2.24) is 0 Å². The van der Waals surface area contributed by atoms with E-state index < -0.39 is 0 Å². The van der Waals surface area contributed by atoms with Crippen LogP contribution in [0, 0.1) is 11.2 Å². The summed E-state index contributed by atoms with van der Waals surface area (Å²) in [5.41, 5.74) is 7.08. The highest BCUT2D eigenvalue weighted by Crippen LogP contribution is 2.57. The quantitative estimate of drug-likeness (QED) is 0.763. The lowest BCUT2D eigenvalue weighted by atomic mass is 10.0. The maximum absolute atomic E-state index is 12.9. The highest BCUT2D eigenvalue weighted by molar-refractivity contribution is 6.30. The van der Waals surface area contributed by atoms with Crippen molar-refractivity contribution in [3.63, 3.8) is 0 Å². The summed E-state index contributed by atoms with van der Waals surface area (Å²) in [6, 6.07) is 5.00.